The van der Waals surface area contributed by atoms with Crippen molar-refractivity contribution in [1.29, 1.82) is 0 Å². The van der Waals surface area contributed by atoms with Gasteiger partial charge in [-0.15, -0.1) is 11.3 Å². The van der Waals surface area contributed by atoms with Crippen LogP contribution in [0.15, 0.2) is 18.2 Å². The second kappa shape index (κ2) is 5.21. The van der Waals surface area contributed by atoms with Gasteiger partial charge in [-0.2, -0.15) is 0 Å². The quantitative estimate of drug-likeness (QED) is 0.914. The summed E-state index contributed by atoms with van der Waals surface area (Å²) >= 11 is 1.68. The standard InChI is InChI=1S/C15H19NOS/c1-9-6-5-7-13(10(9)2)14(17)8-15-16-11(3)12(4)18-15/h5-7,14,17H,8H2,1-4H3. The number of thiazole rings is 1. The first kappa shape index (κ1) is 13.2. The van der Waals surface area contributed by atoms with Crippen LogP contribution in [0.1, 0.15) is 38.4 Å². The first-order valence-corrected chi connectivity index (χ1v) is 6.97. The largest absolute Gasteiger partial charge is 0.388 e. The summed E-state index contributed by atoms with van der Waals surface area (Å²) in [7, 11) is 0. The predicted octanol–water partition coefficient (Wildman–Crippen LogP) is 3.65. The minimum atomic E-state index is -0.463. The van der Waals surface area contributed by atoms with E-state index in [2.05, 4.69) is 31.8 Å². The van der Waals surface area contributed by atoms with Gasteiger partial charge in [0, 0.05) is 11.3 Å². The molecule has 1 aromatic heterocycles. The van der Waals surface area contributed by atoms with Gasteiger partial charge in [-0.3, -0.25) is 0 Å². The summed E-state index contributed by atoms with van der Waals surface area (Å²) in [5.74, 6) is 0. The Bertz CT molecular complexity index is 540. The molecule has 1 atom stereocenters. The molecule has 0 aliphatic carbocycles. The zero-order valence-corrected chi connectivity index (χ0v) is 12.1. The van der Waals surface area contributed by atoms with Gasteiger partial charge in [0.25, 0.3) is 0 Å². The third kappa shape index (κ3) is 2.62. The molecule has 2 nitrogen and oxygen atoms in total. The van der Waals surface area contributed by atoms with Crippen molar-refractivity contribution in [2.24, 2.45) is 0 Å². The van der Waals surface area contributed by atoms with E-state index in [-0.39, 0.29) is 0 Å². The Balaban J connectivity index is 2.21. The van der Waals surface area contributed by atoms with Crippen LogP contribution in [-0.4, -0.2) is 10.1 Å². The summed E-state index contributed by atoms with van der Waals surface area (Å²) < 4.78 is 0. The molecule has 2 rings (SSSR count). The number of aliphatic hydroxyl groups excluding tert-OH is 1. The second-order valence-corrected chi connectivity index (χ2v) is 6.05. The lowest BCUT2D eigenvalue weighted by atomic mass is 9.98. The molecular formula is C15H19NOS. The smallest absolute Gasteiger partial charge is 0.0960 e. The van der Waals surface area contributed by atoms with Crippen LogP contribution in [0.25, 0.3) is 0 Å². The highest BCUT2D eigenvalue weighted by Gasteiger charge is 2.14. The highest BCUT2D eigenvalue weighted by atomic mass is 32.1. The molecule has 96 valence electrons. The van der Waals surface area contributed by atoms with Gasteiger partial charge < -0.3 is 5.11 Å². The second-order valence-electron chi connectivity index (χ2n) is 4.76. The molecule has 1 N–H and O–H groups in total. The van der Waals surface area contributed by atoms with Crippen molar-refractivity contribution in [2.75, 3.05) is 0 Å². The Labute approximate surface area is 112 Å². The van der Waals surface area contributed by atoms with Crippen molar-refractivity contribution in [3.63, 3.8) is 0 Å². The van der Waals surface area contributed by atoms with E-state index in [0.29, 0.717) is 6.42 Å². The number of aryl methyl sites for hydroxylation is 3. The number of aliphatic hydroxyl groups is 1. The Morgan fingerprint density at radius 3 is 2.56 bits per heavy atom. The number of aromatic nitrogens is 1. The summed E-state index contributed by atoms with van der Waals surface area (Å²) in [6.07, 6.45) is 0.138. The summed E-state index contributed by atoms with van der Waals surface area (Å²) in [5, 5.41) is 11.4. The van der Waals surface area contributed by atoms with Crippen molar-refractivity contribution in [1.82, 2.24) is 4.98 Å². The Hall–Kier alpha value is -1.19. The molecule has 0 aliphatic heterocycles. The SMILES string of the molecule is Cc1cccc(C(O)Cc2nc(C)c(C)s2)c1C. The van der Waals surface area contributed by atoms with Crippen molar-refractivity contribution in [3.05, 3.63) is 50.5 Å². The highest BCUT2D eigenvalue weighted by Crippen LogP contribution is 2.26. The van der Waals surface area contributed by atoms with E-state index in [1.165, 1.54) is 16.0 Å². The molecule has 0 bridgehead atoms. The van der Waals surface area contributed by atoms with Gasteiger partial charge >= 0.3 is 0 Å². The van der Waals surface area contributed by atoms with Crippen LogP contribution in [0, 0.1) is 27.7 Å². The van der Waals surface area contributed by atoms with Crippen LogP contribution in [0.3, 0.4) is 0 Å². The molecule has 0 amide bonds. The third-order valence-electron chi connectivity index (χ3n) is 3.45. The van der Waals surface area contributed by atoms with Gasteiger partial charge in [-0.1, -0.05) is 18.2 Å². The van der Waals surface area contributed by atoms with Crippen molar-refractivity contribution < 1.29 is 5.11 Å². The van der Waals surface area contributed by atoms with Crippen LogP contribution in [0.5, 0.6) is 0 Å². The lowest BCUT2D eigenvalue weighted by Crippen LogP contribution is -2.04. The molecule has 0 saturated heterocycles. The average molecular weight is 261 g/mol. The molecule has 0 saturated carbocycles. The Morgan fingerprint density at radius 2 is 1.94 bits per heavy atom. The van der Waals surface area contributed by atoms with Gasteiger partial charge in [0.1, 0.15) is 0 Å². The molecule has 1 aromatic carbocycles. The van der Waals surface area contributed by atoms with Crippen LogP contribution in [-0.2, 0) is 6.42 Å². The third-order valence-corrected chi connectivity index (χ3v) is 4.54. The highest BCUT2D eigenvalue weighted by molar-refractivity contribution is 7.11. The van der Waals surface area contributed by atoms with E-state index in [1.54, 1.807) is 11.3 Å². The van der Waals surface area contributed by atoms with Gasteiger partial charge in [0.15, 0.2) is 0 Å². The van der Waals surface area contributed by atoms with E-state index < -0.39 is 6.10 Å². The zero-order chi connectivity index (χ0) is 13.3. The number of benzene rings is 1. The monoisotopic (exact) mass is 261 g/mol. The fourth-order valence-electron chi connectivity index (χ4n) is 2.04. The Morgan fingerprint density at radius 1 is 1.22 bits per heavy atom. The number of hydrogen-bond acceptors (Lipinski definition) is 3. The van der Waals surface area contributed by atoms with Crippen LogP contribution < -0.4 is 0 Å². The number of rotatable bonds is 3. The molecule has 0 spiro atoms. The molecule has 0 aliphatic rings. The van der Waals surface area contributed by atoms with Crippen LogP contribution >= 0.6 is 11.3 Å². The van der Waals surface area contributed by atoms with Crippen molar-refractivity contribution in [3.8, 4) is 0 Å². The normalized spacial score (nSPS) is 12.7. The van der Waals surface area contributed by atoms with Crippen LogP contribution in [0.4, 0.5) is 0 Å². The molecule has 0 radical (unpaired) electrons. The van der Waals surface area contributed by atoms with E-state index in [4.69, 9.17) is 0 Å². The van der Waals surface area contributed by atoms with Gasteiger partial charge in [0.05, 0.1) is 16.8 Å². The first-order chi connectivity index (χ1) is 8.49. The van der Waals surface area contributed by atoms with Crippen molar-refractivity contribution >= 4 is 11.3 Å². The van der Waals surface area contributed by atoms with Gasteiger partial charge in [-0.05, 0) is 44.4 Å². The zero-order valence-electron chi connectivity index (χ0n) is 11.3. The summed E-state index contributed by atoms with van der Waals surface area (Å²) in [6, 6.07) is 6.07. The maximum Gasteiger partial charge on any atom is 0.0960 e. The van der Waals surface area contributed by atoms with Gasteiger partial charge in [-0.25, -0.2) is 4.98 Å². The first-order valence-electron chi connectivity index (χ1n) is 6.16. The summed E-state index contributed by atoms with van der Waals surface area (Å²) in [4.78, 5) is 5.72. The van der Waals surface area contributed by atoms with Crippen LogP contribution in [0.2, 0.25) is 0 Å². The Kier molecular flexibility index (Phi) is 3.83. The fourth-order valence-corrected chi connectivity index (χ4v) is 3.01. The van der Waals surface area contributed by atoms with E-state index >= 15 is 0 Å². The van der Waals surface area contributed by atoms with Gasteiger partial charge in [0.2, 0.25) is 0 Å². The molecule has 2 aromatic rings. The lowest BCUT2D eigenvalue weighted by molar-refractivity contribution is 0.177. The molecule has 3 heteroatoms. The van der Waals surface area contributed by atoms with E-state index in [0.717, 1.165) is 16.3 Å². The minimum absolute atomic E-state index is 0.463. The maximum absolute atomic E-state index is 10.3. The fraction of sp³-hybridized carbons (Fsp3) is 0.400. The van der Waals surface area contributed by atoms with Crippen molar-refractivity contribution in [2.45, 2.75) is 40.2 Å². The maximum atomic E-state index is 10.3. The average Bonchev–Trinajstić information content (AvgIpc) is 2.61. The van der Waals surface area contributed by atoms with E-state index in [9.17, 15) is 5.11 Å². The summed E-state index contributed by atoms with van der Waals surface area (Å²) in [6.45, 7) is 8.22. The molecule has 18 heavy (non-hydrogen) atoms. The number of nitrogens with zero attached hydrogens (tertiary/aromatic N) is 1. The minimum Gasteiger partial charge on any atom is -0.388 e. The summed E-state index contributed by atoms with van der Waals surface area (Å²) in [5.41, 5.74) is 4.48. The predicted molar refractivity (Wildman–Crippen MR) is 76.2 cm³/mol. The molecular weight excluding hydrogens is 242 g/mol. The lowest BCUT2D eigenvalue weighted by Gasteiger charge is -2.14. The molecule has 1 heterocycles. The number of hydrogen-bond donors (Lipinski definition) is 1. The van der Waals surface area contributed by atoms with E-state index in [1.807, 2.05) is 19.1 Å². The topological polar surface area (TPSA) is 33.1 Å². The molecule has 1 unspecified atom stereocenters. The molecule has 0 fully saturated rings.